The fraction of sp³-hybridized carbons (Fsp3) is 0.263. The first-order valence-electron chi connectivity index (χ1n) is 8.02. The summed E-state index contributed by atoms with van der Waals surface area (Å²) in [7, 11) is 0. The average molecular weight is 362 g/mol. The normalized spacial score (nSPS) is 10.3. The van der Waals surface area contributed by atoms with Gasteiger partial charge in [-0.2, -0.15) is 0 Å². The second kappa shape index (κ2) is 9.69. The zero-order valence-corrected chi connectivity index (χ0v) is 14.5. The topological polar surface area (TPSA) is 75.6 Å². The van der Waals surface area contributed by atoms with Gasteiger partial charge in [0, 0.05) is 11.6 Å². The van der Waals surface area contributed by atoms with Crippen LogP contribution in [-0.4, -0.2) is 30.1 Å². The van der Waals surface area contributed by atoms with Gasteiger partial charge in [-0.15, -0.1) is 0 Å². The van der Waals surface area contributed by atoms with Crippen molar-refractivity contribution in [1.29, 1.82) is 0 Å². The summed E-state index contributed by atoms with van der Waals surface area (Å²) >= 11 is 5.80. The van der Waals surface area contributed by atoms with Crippen LogP contribution in [0.4, 0.5) is 0 Å². The number of carbonyl (C=O) groups is 2. The molecule has 0 saturated carbocycles. The highest BCUT2D eigenvalue weighted by Gasteiger charge is 2.06. The zero-order valence-electron chi connectivity index (χ0n) is 13.7. The van der Waals surface area contributed by atoms with E-state index in [1.165, 1.54) is 12.1 Å². The second-order valence-corrected chi connectivity index (χ2v) is 5.98. The number of amides is 1. The second-order valence-electron chi connectivity index (χ2n) is 5.54. The van der Waals surface area contributed by atoms with Gasteiger partial charge in [0.25, 0.3) is 0 Å². The van der Waals surface area contributed by atoms with E-state index in [-0.39, 0.29) is 17.9 Å². The molecule has 0 heterocycles. The monoisotopic (exact) mass is 361 g/mol. The fourth-order valence-corrected chi connectivity index (χ4v) is 2.36. The molecule has 25 heavy (non-hydrogen) atoms. The van der Waals surface area contributed by atoms with E-state index in [2.05, 4.69) is 5.32 Å². The van der Waals surface area contributed by atoms with E-state index in [0.29, 0.717) is 23.7 Å². The molecule has 6 heteroatoms. The molecule has 0 radical (unpaired) electrons. The number of hydrogen-bond acceptors (Lipinski definition) is 3. The van der Waals surface area contributed by atoms with Crippen molar-refractivity contribution in [3.63, 3.8) is 0 Å². The van der Waals surface area contributed by atoms with Gasteiger partial charge >= 0.3 is 5.97 Å². The molecular weight excluding hydrogens is 342 g/mol. The van der Waals surface area contributed by atoms with Gasteiger partial charge in [0.1, 0.15) is 5.75 Å². The smallest absolute Gasteiger partial charge is 0.335 e. The van der Waals surface area contributed by atoms with Crippen molar-refractivity contribution in [3.05, 3.63) is 64.7 Å². The van der Waals surface area contributed by atoms with E-state index >= 15 is 0 Å². The first-order chi connectivity index (χ1) is 12.0. The number of carboxylic acids is 1. The summed E-state index contributed by atoms with van der Waals surface area (Å²) in [5.74, 6) is -0.351. The van der Waals surface area contributed by atoms with Crippen molar-refractivity contribution < 1.29 is 19.4 Å². The number of halogens is 1. The van der Waals surface area contributed by atoms with Crippen molar-refractivity contribution in [3.8, 4) is 5.75 Å². The zero-order chi connectivity index (χ0) is 18.1. The van der Waals surface area contributed by atoms with Crippen LogP contribution in [0.15, 0.2) is 48.5 Å². The Hall–Kier alpha value is -2.53. The van der Waals surface area contributed by atoms with Gasteiger partial charge in [0.15, 0.2) is 0 Å². The Kier molecular flexibility index (Phi) is 7.29. The Morgan fingerprint density at radius 3 is 2.56 bits per heavy atom. The molecule has 0 bridgehead atoms. The molecule has 0 aliphatic carbocycles. The van der Waals surface area contributed by atoms with Crippen molar-refractivity contribution in [2.45, 2.75) is 19.3 Å². The molecule has 2 aromatic rings. The van der Waals surface area contributed by atoms with Gasteiger partial charge in [-0.1, -0.05) is 23.7 Å². The first kappa shape index (κ1) is 18.8. The highest BCUT2D eigenvalue weighted by Crippen LogP contribution is 2.15. The molecule has 1 amide bonds. The van der Waals surface area contributed by atoms with Gasteiger partial charge in [-0.3, -0.25) is 4.79 Å². The van der Waals surface area contributed by atoms with E-state index in [1.807, 2.05) is 12.1 Å². The largest absolute Gasteiger partial charge is 0.494 e. The number of ether oxygens (including phenoxy) is 1. The van der Waals surface area contributed by atoms with E-state index in [4.69, 9.17) is 21.4 Å². The highest BCUT2D eigenvalue weighted by molar-refractivity contribution is 6.30. The summed E-state index contributed by atoms with van der Waals surface area (Å²) < 4.78 is 5.57. The Bertz CT molecular complexity index is 716. The fourth-order valence-electron chi connectivity index (χ4n) is 2.24. The molecule has 132 valence electrons. The number of aromatic carboxylic acids is 1. The lowest BCUT2D eigenvalue weighted by molar-refractivity contribution is -0.120. The molecule has 0 saturated heterocycles. The SMILES string of the molecule is O=C(Cc1cccc(C(=O)O)c1)NCCCCOc1ccc(Cl)cc1. The minimum absolute atomic E-state index is 0.124. The Balaban J connectivity index is 1.61. The van der Waals surface area contributed by atoms with Crippen LogP contribution in [0.3, 0.4) is 0 Å². The third-order valence-electron chi connectivity index (χ3n) is 3.51. The Morgan fingerprint density at radius 2 is 1.84 bits per heavy atom. The van der Waals surface area contributed by atoms with Crippen LogP contribution in [0.1, 0.15) is 28.8 Å². The maximum absolute atomic E-state index is 11.9. The summed E-state index contributed by atoms with van der Waals surface area (Å²) in [6.07, 6.45) is 1.79. The maximum atomic E-state index is 11.9. The molecule has 0 aliphatic heterocycles. The first-order valence-corrected chi connectivity index (χ1v) is 8.39. The molecule has 0 aliphatic rings. The van der Waals surface area contributed by atoms with E-state index in [9.17, 15) is 9.59 Å². The number of nitrogens with one attached hydrogen (secondary N) is 1. The molecule has 0 atom stereocenters. The van der Waals surface area contributed by atoms with Crippen LogP contribution in [0, 0.1) is 0 Å². The third-order valence-corrected chi connectivity index (χ3v) is 3.77. The van der Waals surface area contributed by atoms with Crippen LogP contribution in [0.25, 0.3) is 0 Å². The summed E-state index contributed by atoms with van der Waals surface area (Å²) in [6.45, 7) is 1.12. The summed E-state index contributed by atoms with van der Waals surface area (Å²) in [5, 5.41) is 12.4. The molecule has 2 N–H and O–H groups in total. The maximum Gasteiger partial charge on any atom is 0.335 e. The number of carbonyl (C=O) groups excluding carboxylic acids is 1. The summed E-state index contributed by atoms with van der Waals surface area (Å²) in [6, 6.07) is 13.6. The van der Waals surface area contributed by atoms with Gasteiger partial charge in [0.05, 0.1) is 18.6 Å². The van der Waals surface area contributed by atoms with Crippen molar-refractivity contribution in [1.82, 2.24) is 5.32 Å². The Morgan fingerprint density at radius 1 is 1.08 bits per heavy atom. The molecule has 0 aromatic heterocycles. The van der Waals surface area contributed by atoms with Crippen molar-refractivity contribution in [2.24, 2.45) is 0 Å². The highest BCUT2D eigenvalue weighted by atomic mass is 35.5. The predicted octanol–water partition coefficient (Wildman–Crippen LogP) is 3.56. The number of carboxylic acid groups (broad SMARTS) is 1. The van der Waals surface area contributed by atoms with Crippen LogP contribution in [0.2, 0.25) is 5.02 Å². The van der Waals surface area contributed by atoms with E-state index in [1.54, 1.807) is 24.3 Å². The molecule has 0 fully saturated rings. The van der Waals surface area contributed by atoms with E-state index in [0.717, 1.165) is 18.6 Å². The summed E-state index contributed by atoms with van der Waals surface area (Å²) in [5.41, 5.74) is 0.869. The minimum Gasteiger partial charge on any atom is -0.494 e. The molecular formula is C19H20ClNO4. The molecule has 2 rings (SSSR count). The van der Waals surface area contributed by atoms with Gasteiger partial charge < -0.3 is 15.2 Å². The lowest BCUT2D eigenvalue weighted by Crippen LogP contribution is -2.26. The van der Waals surface area contributed by atoms with E-state index < -0.39 is 5.97 Å². The average Bonchev–Trinajstić information content (AvgIpc) is 2.59. The number of unbranched alkanes of at least 4 members (excludes halogenated alkanes) is 1. The van der Waals surface area contributed by atoms with Gasteiger partial charge in [-0.25, -0.2) is 4.79 Å². The molecule has 0 unspecified atom stereocenters. The molecule has 0 spiro atoms. The molecule has 5 nitrogen and oxygen atoms in total. The van der Waals surface area contributed by atoms with Crippen LogP contribution >= 0.6 is 11.6 Å². The standard InChI is InChI=1S/C19H20ClNO4/c20-16-6-8-17(9-7-16)25-11-2-1-10-21-18(22)13-14-4-3-5-15(12-14)19(23)24/h3-9,12H,1-2,10-11,13H2,(H,21,22)(H,23,24). The lowest BCUT2D eigenvalue weighted by Gasteiger charge is -2.08. The van der Waals surface area contributed by atoms with Crippen molar-refractivity contribution >= 4 is 23.5 Å². The molecule has 2 aromatic carbocycles. The number of benzene rings is 2. The minimum atomic E-state index is -0.997. The lowest BCUT2D eigenvalue weighted by atomic mass is 10.1. The number of hydrogen-bond donors (Lipinski definition) is 2. The quantitative estimate of drug-likeness (QED) is 0.670. The van der Waals surface area contributed by atoms with Crippen LogP contribution in [-0.2, 0) is 11.2 Å². The van der Waals surface area contributed by atoms with Gasteiger partial charge in [-0.05, 0) is 54.8 Å². The van der Waals surface area contributed by atoms with Crippen molar-refractivity contribution in [2.75, 3.05) is 13.2 Å². The van der Waals surface area contributed by atoms with Crippen LogP contribution < -0.4 is 10.1 Å². The van der Waals surface area contributed by atoms with Gasteiger partial charge in [0.2, 0.25) is 5.91 Å². The summed E-state index contributed by atoms with van der Waals surface area (Å²) in [4.78, 5) is 22.8. The third kappa shape index (κ3) is 6.85. The number of rotatable bonds is 9. The Labute approximate surface area is 151 Å². The van der Waals surface area contributed by atoms with Crippen LogP contribution in [0.5, 0.6) is 5.75 Å². The predicted molar refractivity (Wildman–Crippen MR) is 96.3 cm³/mol.